The second kappa shape index (κ2) is 6.82. The Bertz CT molecular complexity index is 477. The third-order valence-corrected chi connectivity index (χ3v) is 2.64. The van der Waals surface area contributed by atoms with Gasteiger partial charge in [0.2, 0.25) is 0 Å². The fourth-order valence-corrected chi connectivity index (χ4v) is 1.51. The molecule has 0 saturated heterocycles. The molecular weight excluding hydrogens is 256 g/mol. The molecule has 1 atom stereocenters. The molecule has 0 radical (unpaired) electrons. The first-order chi connectivity index (χ1) is 8.90. The summed E-state index contributed by atoms with van der Waals surface area (Å²) < 4.78 is 26.2. The first-order valence-corrected chi connectivity index (χ1v) is 5.85. The van der Waals surface area contributed by atoms with Gasteiger partial charge in [-0.05, 0) is 30.5 Å². The average molecular weight is 271 g/mol. The van der Waals surface area contributed by atoms with E-state index >= 15 is 0 Å². The maximum Gasteiger partial charge on any atom is 0.303 e. The molecule has 0 aromatic heterocycles. The molecule has 1 aromatic rings. The van der Waals surface area contributed by atoms with Crippen molar-refractivity contribution in [3.05, 3.63) is 35.4 Å². The number of aliphatic carboxylic acids is 1. The van der Waals surface area contributed by atoms with E-state index in [1.807, 2.05) is 0 Å². The van der Waals surface area contributed by atoms with E-state index in [4.69, 9.17) is 5.11 Å². The summed E-state index contributed by atoms with van der Waals surface area (Å²) in [7, 11) is 0. The molecule has 4 nitrogen and oxygen atoms in total. The molecular formula is C13H15F2NO3. The summed E-state index contributed by atoms with van der Waals surface area (Å²) in [4.78, 5) is 22.0. The summed E-state index contributed by atoms with van der Waals surface area (Å²) >= 11 is 0. The zero-order valence-corrected chi connectivity index (χ0v) is 10.5. The Labute approximate surface area is 109 Å². The molecule has 19 heavy (non-hydrogen) atoms. The molecule has 104 valence electrons. The van der Waals surface area contributed by atoms with Crippen molar-refractivity contribution in [3.63, 3.8) is 0 Å². The Morgan fingerprint density at radius 1 is 1.37 bits per heavy atom. The lowest BCUT2D eigenvalue weighted by atomic mass is 10.1. The van der Waals surface area contributed by atoms with Gasteiger partial charge in [0, 0.05) is 13.0 Å². The molecule has 6 heteroatoms. The number of amides is 1. The molecule has 0 spiro atoms. The standard InChI is InChI=1S/C13H15F2NO3/c1-8(2-5-12(17)18)7-16-13(19)10-6-9(14)3-4-11(10)15/h3-4,6,8H,2,5,7H2,1H3,(H,16,19)(H,17,18). The zero-order valence-electron chi connectivity index (χ0n) is 10.5. The van der Waals surface area contributed by atoms with Crippen molar-refractivity contribution < 1.29 is 23.5 Å². The maximum atomic E-state index is 13.3. The van der Waals surface area contributed by atoms with E-state index in [-0.39, 0.29) is 24.4 Å². The van der Waals surface area contributed by atoms with E-state index < -0.39 is 23.5 Å². The minimum atomic E-state index is -0.908. The average Bonchev–Trinajstić information content (AvgIpc) is 2.36. The summed E-state index contributed by atoms with van der Waals surface area (Å²) in [5.41, 5.74) is -0.356. The minimum absolute atomic E-state index is 0.00532. The summed E-state index contributed by atoms with van der Waals surface area (Å²) in [6.45, 7) is 1.98. The Hall–Kier alpha value is -1.98. The van der Waals surface area contributed by atoms with Gasteiger partial charge in [0.05, 0.1) is 5.56 Å². The van der Waals surface area contributed by atoms with E-state index in [9.17, 15) is 18.4 Å². The van der Waals surface area contributed by atoms with Gasteiger partial charge in [-0.3, -0.25) is 9.59 Å². The summed E-state index contributed by atoms with van der Waals surface area (Å²) in [5.74, 6) is -3.16. The van der Waals surface area contributed by atoms with Crippen LogP contribution in [-0.2, 0) is 4.79 Å². The Morgan fingerprint density at radius 3 is 2.68 bits per heavy atom. The number of benzene rings is 1. The normalized spacial score (nSPS) is 11.9. The molecule has 1 aromatic carbocycles. The van der Waals surface area contributed by atoms with E-state index in [2.05, 4.69) is 5.32 Å². The van der Waals surface area contributed by atoms with Gasteiger partial charge in [-0.15, -0.1) is 0 Å². The van der Waals surface area contributed by atoms with Crippen molar-refractivity contribution in [2.75, 3.05) is 6.54 Å². The second-order valence-electron chi connectivity index (χ2n) is 4.37. The van der Waals surface area contributed by atoms with Gasteiger partial charge in [-0.2, -0.15) is 0 Å². The number of carbonyl (C=O) groups is 2. The number of nitrogens with one attached hydrogen (secondary N) is 1. The molecule has 1 rings (SSSR count). The van der Waals surface area contributed by atoms with Crippen molar-refractivity contribution in [1.29, 1.82) is 0 Å². The van der Waals surface area contributed by atoms with Crippen LogP contribution in [0.15, 0.2) is 18.2 Å². The molecule has 1 unspecified atom stereocenters. The van der Waals surface area contributed by atoms with Crippen LogP contribution in [0.4, 0.5) is 8.78 Å². The third-order valence-electron chi connectivity index (χ3n) is 2.64. The maximum absolute atomic E-state index is 13.3. The first-order valence-electron chi connectivity index (χ1n) is 5.85. The van der Waals surface area contributed by atoms with Crippen molar-refractivity contribution >= 4 is 11.9 Å². The van der Waals surface area contributed by atoms with E-state index in [1.54, 1.807) is 6.92 Å². The fraction of sp³-hybridized carbons (Fsp3) is 0.385. The first kappa shape index (κ1) is 15.1. The van der Waals surface area contributed by atoms with Crippen molar-refractivity contribution in [2.24, 2.45) is 5.92 Å². The Kier molecular flexibility index (Phi) is 5.41. The van der Waals surface area contributed by atoms with Crippen molar-refractivity contribution in [2.45, 2.75) is 19.8 Å². The van der Waals surface area contributed by atoms with Crippen LogP contribution >= 0.6 is 0 Å². The molecule has 0 aliphatic heterocycles. The number of hydrogen-bond acceptors (Lipinski definition) is 2. The highest BCUT2D eigenvalue weighted by Crippen LogP contribution is 2.10. The molecule has 0 aliphatic carbocycles. The molecule has 0 saturated carbocycles. The van der Waals surface area contributed by atoms with Gasteiger partial charge < -0.3 is 10.4 Å². The highest BCUT2D eigenvalue weighted by atomic mass is 19.1. The van der Waals surface area contributed by atoms with Crippen LogP contribution in [-0.4, -0.2) is 23.5 Å². The van der Waals surface area contributed by atoms with Crippen LogP contribution < -0.4 is 5.32 Å². The Balaban J connectivity index is 2.51. The zero-order chi connectivity index (χ0) is 14.4. The minimum Gasteiger partial charge on any atom is -0.481 e. The van der Waals surface area contributed by atoms with E-state index in [1.165, 1.54) is 0 Å². The summed E-state index contributed by atoms with van der Waals surface area (Å²) in [5, 5.41) is 11.0. The molecule has 1 amide bonds. The molecule has 0 bridgehead atoms. The van der Waals surface area contributed by atoms with Gasteiger partial charge in [-0.1, -0.05) is 6.92 Å². The van der Waals surface area contributed by atoms with Gasteiger partial charge >= 0.3 is 5.97 Å². The van der Waals surface area contributed by atoms with Crippen LogP contribution in [0, 0.1) is 17.6 Å². The highest BCUT2D eigenvalue weighted by Gasteiger charge is 2.14. The van der Waals surface area contributed by atoms with Crippen LogP contribution in [0.5, 0.6) is 0 Å². The number of carbonyl (C=O) groups excluding carboxylic acids is 1. The number of halogens is 2. The quantitative estimate of drug-likeness (QED) is 0.833. The molecule has 0 fully saturated rings. The van der Waals surface area contributed by atoms with Crippen LogP contribution in [0.2, 0.25) is 0 Å². The Morgan fingerprint density at radius 2 is 2.05 bits per heavy atom. The highest BCUT2D eigenvalue weighted by molar-refractivity contribution is 5.94. The van der Waals surface area contributed by atoms with E-state index in [0.29, 0.717) is 6.42 Å². The lowest BCUT2D eigenvalue weighted by Gasteiger charge is -2.11. The predicted molar refractivity (Wildman–Crippen MR) is 64.7 cm³/mol. The molecule has 0 heterocycles. The molecule has 0 aliphatic rings. The van der Waals surface area contributed by atoms with Gasteiger partial charge in [-0.25, -0.2) is 8.78 Å². The van der Waals surface area contributed by atoms with Gasteiger partial charge in [0.1, 0.15) is 11.6 Å². The molecule has 2 N–H and O–H groups in total. The lowest BCUT2D eigenvalue weighted by molar-refractivity contribution is -0.137. The van der Waals surface area contributed by atoms with Crippen molar-refractivity contribution in [3.8, 4) is 0 Å². The van der Waals surface area contributed by atoms with Crippen LogP contribution in [0.3, 0.4) is 0 Å². The topological polar surface area (TPSA) is 66.4 Å². The largest absolute Gasteiger partial charge is 0.481 e. The number of rotatable bonds is 6. The fourth-order valence-electron chi connectivity index (χ4n) is 1.51. The van der Waals surface area contributed by atoms with E-state index in [0.717, 1.165) is 18.2 Å². The number of carboxylic acid groups (broad SMARTS) is 1. The van der Waals surface area contributed by atoms with Crippen LogP contribution in [0.25, 0.3) is 0 Å². The predicted octanol–water partition coefficient (Wildman–Crippen LogP) is 2.20. The van der Waals surface area contributed by atoms with Crippen LogP contribution in [0.1, 0.15) is 30.1 Å². The number of carboxylic acids is 1. The summed E-state index contributed by atoms with van der Waals surface area (Å²) in [6, 6.07) is 2.65. The van der Waals surface area contributed by atoms with Crippen molar-refractivity contribution in [1.82, 2.24) is 5.32 Å². The SMILES string of the molecule is CC(CCC(=O)O)CNC(=O)c1cc(F)ccc1F. The second-order valence-corrected chi connectivity index (χ2v) is 4.37. The lowest BCUT2D eigenvalue weighted by Crippen LogP contribution is -2.29. The van der Waals surface area contributed by atoms with Gasteiger partial charge in [0.25, 0.3) is 5.91 Å². The van der Waals surface area contributed by atoms with Gasteiger partial charge in [0.15, 0.2) is 0 Å². The summed E-state index contributed by atoms with van der Waals surface area (Å²) in [6.07, 6.45) is 0.409. The third kappa shape index (κ3) is 5.03. The monoisotopic (exact) mass is 271 g/mol. The smallest absolute Gasteiger partial charge is 0.303 e. The number of hydrogen-bond donors (Lipinski definition) is 2.